The van der Waals surface area contributed by atoms with Crippen LogP contribution in [0, 0.1) is 0 Å². The first-order valence-corrected chi connectivity index (χ1v) is 10.4. The number of unbranched alkanes of at least 4 members (excludes halogenated alkanes) is 7. The van der Waals surface area contributed by atoms with Crippen LogP contribution in [0.1, 0.15) is 71.1 Å². The average molecular weight is 392 g/mol. The van der Waals surface area contributed by atoms with Gasteiger partial charge in [-0.05, 0) is 32.4 Å². The van der Waals surface area contributed by atoms with Crippen LogP contribution >= 0.6 is 12.6 Å². The molecule has 0 amide bonds. The average Bonchev–Trinajstić information content (AvgIpc) is 2.61. The summed E-state index contributed by atoms with van der Waals surface area (Å²) < 4.78 is 0. The topological polar surface area (TPSA) is 125 Å². The molecule has 0 saturated carbocycles. The second-order valence-corrected chi connectivity index (χ2v) is 7.05. The fraction of sp³-hybridized carbons (Fsp3) is 0.889. The van der Waals surface area contributed by atoms with Gasteiger partial charge >= 0.3 is 11.9 Å². The zero-order chi connectivity index (χ0) is 19.8. The normalized spacial score (nSPS) is 14.7. The van der Waals surface area contributed by atoms with E-state index >= 15 is 0 Å². The highest BCUT2D eigenvalue weighted by atomic mass is 32.1. The number of carboxylic acid groups (broad SMARTS) is 2. The molecule has 0 aromatic rings. The lowest BCUT2D eigenvalue weighted by atomic mass is 10.1. The van der Waals surface area contributed by atoms with E-state index in [1.54, 1.807) is 0 Å². The van der Waals surface area contributed by atoms with Gasteiger partial charge in [0.2, 0.25) is 0 Å². The van der Waals surface area contributed by atoms with E-state index in [9.17, 15) is 19.8 Å². The molecular weight excluding hydrogens is 354 g/mol. The smallest absolute Gasteiger partial charge is 0.339 e. The maximum atomic E-state index is 11.8. The summed E-state index contributed by atoms with van der Waals surface area (Å²) in [5.74, 6) is -2.28. The van der Waals surface area contributed by atoms with E-state index in [1.165, 1.54) is 32.1 Å². The van der Waals surface area contributed by atoms with Crippen molar-refractivity contribution in [3.63, 3.8) is 0 Å². The molecular formula is C18H37N3O4S. The minimum Gasteiger partial charge on any atom is -0.480 e. The Morgan fingerprint density at radius 3 is 2.08 bits per heavy atom. The molecule has 0 spiro atoms. The number of hydrogen-bond donors (Lipinski definition) is 6. The molecule has 26 heavy (non-hydrogen) atoms. The predicted octanol–water partition coefficient (Wildman–Crippen LogP) is 2.21. The molecule has 6 N–H and O–H groups in total. The lowest BCUT2D eigenvalue weighted by molar-refractivity contribution is -0.148. The number of rotatable bonds is 18. The van der Waals surface area contributed by atoms with Crippen molar-refractivity contribution < 1.29 is 19.8 Å². The van der Waals surface area contributed by atoms with Gasteiger partial charge in [0.15, 0.2) is 5.66 Å². The van der Waals surface area contributed by atoms with Crippen LogP contribution in [0.2, 0.25) is 0 Å². The van der Waals surface area contributed by atoms with Crippen molar-refractivity contribution in [2.45, 2.75) is 82.8 Å². The second-order valence-electron chi connectivity index (χ2n) is 6.74. The maximum Gasteiger partial charge on any atom is 0.339 e. The van der Waals surface area contributed by atoms with Gasteiger partial charge in [-0.2, -0.15) is 12.6 Å². The van der Waals surface area contributed by atoms with Crippen molar-refractivity contribution >= 4 is 24.6 Å². The highest BCUT2D eigenvalue weighted by Crippen LogP contribution is 2.11. The number of carbonyl (C=O) groups is 2. The van der Waals surface area contributed by atoms with Crippen LogP contribution in [0.4, 0.5) is 0 Å². The van der Waals surface area contributed by atoms with Crippen LogP contribution < -0.4 is 16.4 Å². The van der Waals surface area contributed by atoms with Crippen molar-refractivity contribution in [3.05, 3.63) is 0 Å². The molecule has 0 aliphatic rings. The van der Waals surface area contributed by atoms with E-state index in [-0.39, 0.29) is 12.2 Å². The van der Waals surface area contributed by atoms with Crippen LogP contribution in [0.25, 0.3) is 0 Å². The van der Waals surface area contributed by atoms with Crippen LogP contribution in [-0.2, 0) is 9.59 Å². The third-order valence-corrected chi connectivity index (χ3v) is 4.95. The Balaban J connectivity index is 4.41. The molecule has 0 aliphatic carbocycles. The number of nitrogens with one attached hydrogen (secondary N) is 2. The van der Waals surface area contributed by atoms with Gasteiger partial charge in [0.05, 0.1) is 0 Å². The molecule has 0 bridgehead atoms. The minimum absolute atomic E-state index is 0.0498. The zero-order valence-electron chi connectivity index (χ0n) is 16.0. The molecule has 154 valence electrons. The minimum atomic E-state index is -1.55. The highest BCUT2D eigenvalue weighted by molar-refractivity contribution is 7.80. The Morgan fingerprint density at radius 2 is 1.62 bits per heavy atom. The van der Waals surface area contributed by atoms with Gasteiger partial charge in [-0.25, -0.2) is 4.79 Å². The summed E-state index contributed by atoms with van der Waals surface area (Å²) in [6.07, 6.45) is 10.0. The Kier molecular flexibility index (Phi) is 14.8. The molecule has 0 aromatic carbocycles. The fourth-order valence-corrected chi connectivity index (χ4v) is 3.13. The number of thiol groups is 1. The Bertz CT molecular complexity index is 399. The maximum absolute atomic E-state index is 11.8. The van der Waals surface area contributed by atoms with Crippen LogP contribution in [0.5, 0.6) is 0 Å². The number of nitrogens with two attached hydrogens (primary N) is 1. The summed E-state index contributed by atoms with van der Waals surface area (Å²) in [6, 6.07) is -0.979. The van der Waals surface area contributed by atoms with Gasteiger partial charge in [0.1, 0.15) is 6.04 Å². The summed E-state index contributed by atoms with van der Waals surface area (Å²) >= 11 is 4.14. The molecule has 0 fully saturated rings. The van der Waals surface area contributed by atoms with Crippen LogP contribution in [0.3, 0.4) is 0 Å². The SMILES string of the molecule is CCCCCCCCCCN[C@](CS)(N[C@@H](CCCN)C(=O)O)C(=O)O. The predicted molar refractivity (Wildman–Crippen MR) is 108 cm³/mol. The zero-order valence-corrected chi connectivity index (χ0v) is 16.9. The van der Waals surface area contributed by atoms with Crippen molar-refractivity contribution in [1.82, 2.24) is 10.6 Å². The first-order chi connectivity index (χ1) is 12.4. The fourth-order valence-electron chi connectivity index (χ4n) is 2.80. The highest BCUT2D eigenvalue weighted by Gasteiger charge is 2.40. The molecule has 0 unspecified atom stereocenters. The lowest BCUT2D eigenvalue weighted by Gasteiger charge is -2.33. The molecule has 0 radical (unpaired) electrons. The van der Waals surface area contributed by atoms with E-state index in [4.69, 9.17) is 5.73 Å². The monoisotopic (exact) mass is 391 g/mol. The Morgan fingerprint density at radius 1 is 1.04 bits per heavy atom. The van der Waals surface area contributed by atoms with E-state index in [2.05, 4.69) is 30.2 Å². The van der Waals surface area contributed by atoms with Crippen molar-refractivity contribution in [1.29, 1.82) is 0 Å². The Hall–Kier alpha value is -0.830. The van der Waals surface area contributed by atoms with Crippen molar-refractivity contribution in [3.8, 4) is 0 Å². The van der Waals surface area contributed by atoms with E-state index in [0.29, 0.717) is 19.5 Å². The summed E-state index contributed by atoms with van der Waals surface area (Å²) in [4.78, 5) is 23.2. The van der Waals surface area contributed by atoms with Gasteiger partial charge in [-0.3, -0.25) is 15.4 Å². The van der Waals surface area contributed by atoms with E-state index in [0.717, 1.165) is 19.3 Å². The molecule has 8 heteroatoms. The largest absolute Gasteiger partial charge is 0.480 e. The number of hydrogen-bond acceptors (Lipinski definition) is 6. The Labute approximate surface area is 162 Å². The van der Waals surface area contributed by atoms with E-state index in [1.807, 2.05) is 0 Å². The van der Waals surface area contributed by atoms with Gasteiger partial charge in [0.25, 0.3) is 0 Å². The first-order valence-electron chi connectivity index (χ1n) is 9.73. The first kappa shape index (κ1) is 25.2. The van der Waals surface area contributed by atoms with Crippen molar-refractivity contribution in [2.75, 3.05) is 18.8 Å². The third kappa shape index (κ3) is 10.4. The number of aliphatic carboxylic acids is 2. The number of carboxylic acids is 2. The molecule has 0 rings (SSSR count). The van der Waals surface area contributed by atoms with Crippen molar-refractivity contribution in [2.24, 2.45) is 5.73 Å². The van der Waals surface area contributed by atoms with Gasteiger partial charge in [0, 0.05) is 5.75 Å². The molecule has 0 aromatic heterocycles. The standard InChI is InChI=1S/C18H37N3O4S/c1-2-3-4-5-6-7-8-9-13-20-18(14-26,17(24)25)21-15(16(22)23)11-10-12-19/h15,20-21,26H,2-14,19H2,1H3,(H,22,23)(H,24,25)/t15-,18+/m0/s1. The quantitative estimate of drug-likeness (QED) is 0.120. The van der Waals surface area contributed by atoms with Gasteiger partial charge < -0.3 is 15.9 Å². The van der Waals surface area contributed by atoms with Gasteiger partial charge in [-0.15, -0.1) is 0 Å². The molecule has 7 nitrogen and oxygen atoms in total. The van der Waals surface area contributed by atoms with Crippen LogP contribution in [-0.4, -0.2) is 52.7 Å². The second kappa shape index (κ2) is 15.2. The molecule has 0 saturated heterocycles. The summed E-state index contributed by atoms with van der Waals surface area (Å²) in [6.45, 7) is 3.05. The molecule has 0 aliphatic heterocycles. The third-order valence-electron chi connectivity index (χ3n) is 4.48. The summed E-state index contributed by atoms with van der Waals surface area (Å²) in [5, 5.41) is 24.6. The molecule has 0 heterocycles. The summed E-state index contributed by atoms with van der Waals surface area (Å²) in [7, 11) is 0. The summed E-state index contributed by atoms with van der Waals surface area (Å²) in [5.41, 5.74) is 3.88. The van der Waals surface area contributed by atoms with Crippen LogP contribution in [0.15, 0.2) is 0 Å². The van der Waals surface area contributed by atoms with Gasteiger partial charge in [-0.1, -0.05) is 51.9 Å². The lowest BCUT2D eigenvalue weighted by Crippen LogP contribution is -2.67. The van der Waals surface area contributed by atoms with E-state index < -0.39 is 23.6 Å². The molecule has 2 atom stereocenters.